The number of pyridine rings is 1. The van der Waals surface area contributed by atoms with Crippen molar-refractivity contribution in [3.8, 4) is 0 Å². The normalized spacial score (nSPS) is 12.5. The third-order valence-electron chi connectivity index (χ3n) is 4.22. The van der Waals surface area contributed by atoms with Gasteiger partial charge in [0.25, 0.3) is 5.91 Å². The summed E-state index contributed by atoms with van der Waals surface area (Å²) in [6, 6.07) is 5.72. The van der Waals surface area contributed by atoms with E-state index in [9.17, 15) is 9.18 Å². The largest absolute Gasteiger partial charge is 0.342 e. The number of carbonyl (C=O) groups excluding carboxylic acids is 1. The number of nitrogens with one attached hydrogen (secondary N) is 1. The van der Waals surface area contributed by atoms with Crippen LogP contribution in [0, 0.1) is 18.7 Å². The summed E-state index contributed by atoms with van der Waals surface area (Å²) in [5.41, 5.74) is 1.60. The van der Waals surface area contributed by atoms with Gasteiger partial charge >= 0.3 is 0 Å². The van der Waals surface area contributed by atoms with Crippen LogP contribution in [0.25, 0.3) is 10.9 Å². The average Bonchev–Trinajstić information content (AvgIpc) is 2.98. The van der Waals surface area contributed by atoms with E-state index in [4.69, 9.17) is 0 Å². The zero-order chi connectivity index (χ0) is 18.8. The Labute approximate surface area is 151 Å². The molecule has 7 heteroatoms. The van der Waals surface area contributed by atoms with Gasteiger partial charge in [0.1, 0.15) is 18.0 Å². The quantitative estimate of drug-likeness (QED) is 0.762. The summed E-state index contributed by atoms with van der Waals surface area (Å²) in [5, 5.41) is 7.78. The minimum absolute atomic E-state index is 0.235. The molecule has 0 radical (unpaired) electrons. The van der Waals surface area contributed by atoms with Crippen LogP contribution in [-0.2, 0) is 7.05 Å². The van der Waals surface area contributed by atoms with Crippen molar-refractivity contribution in [2.75, 3.05) is 0 Å². The summed E-state index contributed by atoms with van der Waals surface area (Å²) < 4.78 is 15.2. The molecule has 1 amide bonds. The van der Waals surface area contributed by atoms with Gasteiger partial charge in [0.15, 0.2) is 0 Å². The van der Waals surface area contributed by atoms with E-state index in [0.717, 1.165) is 6.42 Å². The van der Waals surface area contributed by atoms with E-state index in [0.29, 0.717) is 33.9 Å². The maximum absolute atomic E-state index is 13.5. The second-order valence-electron chi connectivity index (χ2n) is 6.87. The van der Waals surface area contributed by atoms with Gasteiger partial charge in [-0.1, -0.05) is 13.8 Å². The third kappa shape index (κ3) is 3.71. The summed E-state index contributed by atoms with van der Waals surface area (Å²) >= 11 is 0. The molecular formula is C19H22FN5O. The van der Waals surface area contributed by atoms with E-state index in [-0.39, 0.29) is 17.8 Å². The number of rotatable bonds is 5. The highest BCUT2D eigenvalue weighted by atomic mass is 19.1. The molecule has 1 unspecified atom stereocenters. The monoisotopic (exact) mass is 355 g/mol. The first kappa shape index (κ1) is 18.0. The van der Waals surface area contributed by atoms with Crippen molar-refractivity contribution in [3.05, 3.63) is 53.5 Å². The van der Waals surface area contributed by atoms with Crippen molar-refractivity contribution < 1.29 is 9.18 Å². The summed E-state index contributed by atoms with van der Waals surface area (Å²) in [4.78, 5) is 21.6. The minimum atomic E-state index is -0.376. The highest BCUT2D eigenvalue weighted by Gasteiger charge is 2.22. The van der Waals surface area contributed by atoms with Gasteiger partial charge in [-0.3, -0.25) is 14.5 Å². The molecule has 1 aromatic carbocycles. The zero-order valence-electron chi connectivity index (χ0n) is 15.3. The van der Waals surface area contributed by atoms with Gasteiger partial charge in [0.2, 0.25) is 0 Å². The molecule has 3 rings (SSSR count). The number of hydrogen-bond acceptors (Lipinski definition) is 4. The average molecular weight is 355 g/mol. The number of nitrogens with zero attached hydrogens (tertiary/aromatic N) is 4. The predicted molar refractivity (Wildman–Crippen MR) is 97.1 cm³/mol. The fourth-order valence-corrected chi connectivity index (χ4v) is 3.08. The molecule has 26 heavy (non-hydrogen) atoms. The molecule has 0 fully saturated rings. The fraction of sp³-hybridized carbons (Fsp3) is 0.368. The maximum atomic E-state index is 13.5. The molecule has 6 nitrogen and oxygen atoms in total. The summed E-state index contributed by atoms with van der Waals surface area (Å²) in [6.07, 6.45) is 2.21. The summed E-state index contributed by atoms with van der Waals surface area (Å²) in [7, 11) is 1.80. The predicted octanol–water partition coefficient (Wildman–Crippen LogP) is 3.33. The Bertz CT molecular complexity index is 945. The highest BCUT2D eigenvalue weighted by molar-refractivity contribution is 6.06. The van der Waals surface area contributed by atoms with Gasteiger partial charge in [0, 0.05) is 24.2 Å². The molecule has 0 aliphatic heterocycles. The van der Waals surface area contributed by atoms with Crippen LogP contribution in [0.5, 0.6) is 0 Å². The first-order chi connectivity index (χ1) is 12.3. The third-order valence-corrected chi connectivity index (χ3v) is 4.22. The molecule has 0 spiro atoms. The molecule has 2 heterocycles. The van der Waals surface area contributed by atoms with Crippen molar-refractivity contribution in [3.63, 3.8) is 0 Å². The smallest absolute Gasteiger partial charge is 0.252 e. The van der Waals surface area contributed by atoms with Crippen LogP contribution < -0.4 is 5.32 Å². The van der Waals surface area contributed by atoms with Crippen LogP contribution in [0.1, 0.15) is 48.2 Å². The van der Waals surface area contributed by atoms with Gasteiger partial charge < -0.3 is 5.32 Å². The van der Waals surface area contributed by atoms with Crippen LogP contribution in [0.15, 0.2) is 30.6 Å². The number of amides is 1. The molecular weight excluding hydrogens is 333 g/mol. The Balaban J connectivity index is 1.98. The Morgan fingerprint density at radius 1 is 1.31 bits per heavy atom. The Hall–Kier alpha value is -2.83. The molecule has 136 valence electrons. The molecule has 0 aliphatic rings. The van der Waals surface area contributed by atoms with Crippen LogP contribution in [-0.4, -0.2) is 25.7 Å². The van der Waals surface area contributed by atoms with E-state index in [1.54, 1.807) is 30.8 Å². The number of benzene rings is 1. The molecule has 0 saturated heterocycles. The Morgan fingerprint density at radius 2 is 2.08 bits per heavy atom. The SMILES string of the molecule is Cc1cc(C(=O)NC(CC(C)C)c2ncnn2C)c2ccc(F)cc2n1. The number of aromatic nitrogens is 4. The molecule has 1 N–H and O–H groups in total. The first-order valence-electron chi connectivity index (χ1n) is 8.57. The van der Waals surface area contributed by atoms with Gasteiger partial charge in [0.05, 0.1) is 17.1 Å². The molecule has 2 aromatic heterocycles. The molecule has 3 aromatic rings. The van der Waals surface area contributed by atoms with Crippen LogP contribution in [0.4, 0.5) is 4.39 Å². The number of hydrogen-bond donors (Lipinski definition) is 1. The summed E-state index contributed by atoms with van der Waals surface area (Å²) in [5.74, 6) is 0.453. The molecule has 0 aliphatic carbocycles. The van der Waals surface area contributed by atoms with Crippen LogP contribution in [0.2, 0.25) is 0 Å². The van der Waals surface area contributed by atoms with Crippen molar-refractivity contribution >= 4 is 16.8 Å². The van der Waals surface area contributed by atoms with Gasteiger partial charge in [-0.05, 0) is 37.5 Å². The topological polar surface area (TPSA) is 72.7 Å². The van der Waals surface area contributed by atoms with Gasteiger partial charge in [-0.2, -0.15) is 5.10 Å². The van der Waals surface area contributed by atoms with Gasteiger partial charge in [-0.15, -0.1) is 0 Å². The van der Waals surface area contributed by atoms with E-state index >= 15 is 0 Å². The maximum Gasteiger partial charge on any atom is 0.252 e. The zero-order valence-corrected chi connectivity index (χ0v) is 15.3. The molecule has 1 atom stereocenters. The van der Waals surface area contributed by atoms with Crippen molar-refractivity contribution in [2.24, 2.45) is 13.0 Å². The van der Waals surface area contributed by atoms with E-state index < -0.39 is 0 Å². The minimum Gasteiger partial charge on any atom is -0.342 e. The van der Waals surface area contributed by atoms with E-state index in [1.165, 1.54) is 18.5 Å². The fourth-order valence-electron chi connectivity index (χ4n) is 3.08. The number of halogens is 1. The van der Waals surface area contributed by atoms with Gasteiger partial charge in [-0.25, -0.2) is 9.37 Å². The Morgan fingerprint density at radius 3 is 2.73 bits per heavy atom. The Kier molecular flexibility index (Phi) is 4.97. The summed E-state index contributed by atoms with van der Waals surface area (Å²) in [6.45, 7) is 5.96. The lowest BCUT2D eigenvalue weighted by atomic mass is 10.0. The molecule has 0 bridgehead atoms. The first-order valence-corrected chi connectivity index (χ1v) is 8.57. The number of carbonyl (C=O) groups is 1. The van der Waals surface area contributed by atoms with Crippen molar-refractivity contribution in [1.29, 1.82) is 0 Å². The van der Waals surface area contributed by atoms with E-state index in [2.05, 4.69) is 34.2 Å². The highest BCUT2D eigenvalue weighted by Crippen LogP contribution is 2.23. The standard InChI is InChI=1S/C19H22FN5O/c1-11(2)7-17(18-21-10-22-25(18)4)24-19(26)15-8-12(3)23-16-9-13(20)5-6-14(15)16/h5-6,8-11,17H,7H2,1-4H3,(H,24,26). The lowest BCUT2D eigenvalue weighted by molar-refractivity contribution is 0.0930. The van der Waals surface area contributed by atoms with Crippen LogP contribution in [0.3, 0.4) is 0 Å². The van der Waals surface area contributed by atoms with Crippen LogP contribution >= 0.6 is 0 Å². The van der Waals surface area contributed by atoms with Crippen molar-refractivity contribution in [1.82, 2.24) is 25.1 Å². The second-order valence-corrected chi connectivity index (χ2v) is 6.87. The second kappa shape index (κ2) is 7.19. The van der Waals surface area contributed by atoms with E-state index in [1.807, 2.05) is 0 Å². The lowest BCUT2D eigenvalue weighted by Gasteiger charge is -2.20. The number of aryl methyl sites for hydroxylation is 2. The molecule has 0 saturated carbocycles. The lowest BCUT2D eigenvalue weighted by Crippen LogP contribution is -2.31. The van der Waals surface area contributed by atoms with Crippen molar-refractivity contribution in [2.45, 2.75) is 33.2 Å². The number of fused-ring (bicyclic) bond motifs is 1.